The fourth-order valence-corrected chi connectivity index (χ4v) is 1.41. The smallest absolute Gasteiger partial charge is 0.226 e. The van der Waals surface area contributed by atoms with E-state index >= 15 is 0 Å². The molecule has 0 heterocycles. The van der Waals surface area contributed by atoms with Crippen LogP contribution in [0.25, 0.3) is 0 Å². The highest BCUT2D eigenvalue weighted by Crippen LogP contribution is 2.28. The molecule has 1 fully saturated rings. The molecule has 0 aromatic heterocycles. The molecule has 2 N–H and O–H groups in total. The molecule has 4 heteroatoms. The molecule has 0 spiro atoms. The predicted molar refractivity (Wildman–Crippen MR) is 53.2 cm³/mol. The van der Waals surface area contributed by atoms with Crippen molar-refractivity contribution >= 4 is 5.91 Å². The van der Waals surface area contributed by atoms with E-state index in [0.29, 0.717) is 25.6 Å². The molecule has 1 saturated carbocycles. The topological polar surface area (TPSA) is 70.1 Å². The summed E-state index contributed by atoms with van der Waals surface area (Å²) in [5.74, 6) is -0.0143. The Balaban J connectivity index is 2.49. The van der Waals surface area contributed by atoms with Crippen LogP contribution < -0.4 is 5.73 Å². The minimum absolute atomic E-state index is 0.102. The summed E-state index contributed by atoms with van der Waals surface area (Å²) in [6.45, 7) is 2.78. The van der Waals surface area contributed by atoms with Crippen molar-refractivity contribution in [3.8, 4) is 6.07 Å². The van der Waals surface area contributed by atoms with E-state index < -0.39 is 0 Å². The zero-order chi connectivity index (χ0) is 10.6. The van der Waals surface area contributed by atoms with Crippen molar-refractivity contribution in [3.05, 3.63) is 0 Å². The third kappa shape index (κ3) is 2.71. The Labute approximate surface area is 84.7 Å². The van der Waals surface area contributed by atoms with Crippen LogP contribution in [0.5, 0.6) is 0 Å². The lowest BCUT2D eigenvalue weighted by atomic mass is 10.1. The lowest BCUT2D eigenvalue weighted by molar-refractivity contribution is -0.135. The van der Waals surface area contributed by atoms with Crippen LogP contribution in [-0.2, 0) is 4.79 Å². The van der Waals surface area contributed by atoms with Crippen molar-refractivity contribution in [2.45, 2.75) is 32.2 Å². The van der Waals surface area contributed by atoms with Crippen molar-refractivity contribution in [2.75, 3.05) is 13.1 Å². The van der Waals surface area contributed by atoms with E-state index in [4.69, 9.17) is 11.0 Å². The molecule has 0 saturated heterocycles. The number of hydrogen-bond acceptors (Lipinski definition) is 3. The maximum absolute atomic E-state index is 11.8. The normalized spacial score (nSPS) is 17.2. The minimum Gasteiger partial charge on any atom is -0.338 e. The van der Waals surface area contributed by atoms with Gasteiger partial charge in [0, 0.05) is 25.0 Å². The van der Waals surface area contributed by atoms with E-state index in [1.54, 1.807) is 0 Å². The van der Waals surface area contributed by atoms with Gasteiger partial charge in [-0.2, -0.15) is 5.26 Å². The van der Waals surface area contributed by atoms with E-state index in [1.807, 2.05) is 11.8 Å². The van der Waals surface area contributed by atoms with Crippen LogP contribution in [-0.4, -0.2) is 29.9 Å². The Morgan fingerprint density at radius 2 is 2.36 bits per heavy atom. The lowest BCUT2D eigenvalue weighted by Crippen LogP contribution is -2.39. The number of carbonyl (C=O) groups excluding carboxylic acids is 1. The average Bonchev–Trinajstić information content (AvgIpc) is 3.01. The van der Waals surface area contributed by atoms with Gasteiger partial charge < -0.3 is 10.6 Å². The van der Waals surface area contributed by atoms with Crippen LogP contribution in [0.15, 0.2) is 0 Å². The third-order valence-corrected chi connectivity index (χ3v) is 2.51. The molecule has 1 unspecified atom stereocenters. The lowest BCUT2D eigenvalue weighted by Gasteiger charge is -2.24. The SMILES string of the molecule is CC(CN)C(=O)N(CCC#N)C1CC1. The quantitative estimate of drug-likeness (QED) is 0.694. The molecule has 4 nitrogen and oxygen atoms in total. The molecule has 0 aliphatic heterocycles. The van der Waals surface area contributed by atoms with Crippen LogP contribution in [0.2, 0.25) is 0 Å². The zero-order valence-corrected chi connectivity index (χ0v) is 8.57. The third-order valence-electron chi connectivity index (χ3n) is 2.51. The van der Waals surface area contributed by atoms with E-state index in [9.17, 15) is 4.79 Å². The Morgan fingerprint density at radius 1 is 1.71 bits per heavy atom. The first-order valence-electron chi connectivity index (χ1n) is 5.08. The van der Waals surface area contributed by atoms with E-state index in [1.165, 1.54) is 0 Å². The zero-order valence-electron chi connectivity index (χ0n) is 8.57. The first kappa shape index (κ1) is 11.0. The highest BCUT2D eigenvalue weighted by molar-refractivity contribution is 5.79. The second-order valence-electron chi connectivity index (χ2n) is 3.81. The fraction of sp³-hybridized carbons (Fsp3) is 0.800. The number of nitrogens with two attached hydrogens (primary N) is 1. The number of hydrogen-bond donors (Lipinski definition) is 1. The number of nitriles is 1. The number of amides is 1. The standard InChI is InChI=1S/C10H17N3O/c1-8(7-12)10(14)13(6-2-5-11)9-3-4-9/h8-9H,2-4,6-7,12H2,1H3. The molecule has 78 valence electrons. The molecule has 1 aliphatic carbocycles. The summed E-state index contributed by atoms with van der Waals surface area (Å²) < 4.78 is 0. The van der Waals surface area contributed by atoms with Gasteiger partial charge in [0.1, 0.15) is 0 Å². The Bertz CT molecular complexity index is 242. The highest BCUT2D eigenvalue weighted by Gasteiger charge is 2.33. The molecule has 0 aromatic carbocycles. The molecule has 14 heavy (non-hydrogen) atoms. The Kier molecular flexibility index (Phi) is 3.90. The number of rotatable bonds is 5. The predicted octanol–water partition coefficient (Wildman–Crippen LogP) is 0.486. The molecular weight excluding hydrogens is 178 g/mol. The van der Waals surface area contributed by atoms with Gasteiger partial charge in [0.05, 0.1) is 12.5 Å². The van der Waals surface area contributed by atoms with Crippen LogP contribution in [0.3, 0.4) is 0 Å². The van der Waals surface area contributed by atoms with Crippen molar-refractivity contribution in [3.63, 3.8) is 0 Å². The van der Waals surface area contributed by atoms with E-state index in [2.05, 4.69) is 6.07 Å². The molecule has 0 aromatic rings. The summed E-state index contributed by atoms with van der Waals surface area (Å²) in [5, 5.41) is 8.48. The van der Waals surface area contributed by atoms with Gasteiger partial charge in [0.15, 0.2) is 0 Å². The van der Waals surface area contributed by atoms with Crippen LogP contribution >= 0.6 is 0 Å². The van der Waals surface area contributed by atoms with Crippen molar-refractivity contribution in [1.82, 2.24) is 4.90 Å². The Hall–Kier alpha value is -1.08. The summed E-state index contributed by atoms with van der Waals surface area (Å²) in [7, 11) is 0. The summed E-state index contributed by atoms with van der Waals surface area (Å²) in [6, 6.07) is 2.45. The van der Waals surface area contributed by atoms with Crippen molar-refractivity contribution < 1.29 is 4.79 Å². The molecule has 1 amide bonds. The van der Waals surface area contributed by atoms with Gasteiger partial charge in [-0.3, -0.25) is 4.79 Å². The summed E-state index contributed by atoms with van der Waals surface area (Å²) in [5.41, 5.74) is 5.45. The first-order valence-corrected chi connectivity index (χ1v) is 5.08. The van der Waals surface area contributed by atoms with Gasteiger partial charge in [-0.25, -0.2) is 0 Å². The second-order valence-corrected chi connectivity index (χ2v) is 3.81. The summed E-state index contributed by atoms with van der Waals surface area (Å²) in [6.07, 6.45) is 2.57. The van der Waals surface area contributed by atoms with Gasteiger partial charge in [0.25, 0.3) is 0 Å². The van der Waals surface area contributed by atoms with E-state index in [0.717, 1.165) is 12.8 Å². The van der Waals surface area contributed by atoms with Crippen LogP contribution in [0.4, 0.5) is 0 Å². The second kappa shape index (κ2) is 4.97. The minimum atomic E-state index is -0.116. The Morgan fingerprint density at radius 3 is 2.79 bits per heavy atom. The van der Waals surface area contributed by atoms with Crippen molar-refractivity contribution in [1.29, 1.82) is 5.26 Å². The van der Waals surface area contributed by atoms with Crippen molar-refractivity contribution in [2.24, 2.45) is 11.7 Å². The monoisotopic (exact) mass is 195 g/mol. The summed E-state index contributed by atoms with van der Waals surface area (Å²) in [4.78, 5) is 13.6. The van der Waals surface area contributed by atoms with Gasteiger partial charge >= 0.3 is 0 Å². The molecule has 1 aliphatic rings. The van der Waals surface area contributed by atoms with Gasteiger partial charge in [-0.15, -0.1) is 0 Å². The molecular formula is C10H17N3O. The first-order chi connectivity index (χ1) is 6.70. The fourth-order valence-electron chi connectivity index (χ4n) is 1.41. The molecule has 1 atom stereocenters. The van der Waals surface area contributed by atoms with E-state index in [-0.39, 0.29) is 11.8 Å². The van der Waals surface area contributed by atoms with Gasteiger partial charge in [-0.05, 0) is 12.8 Å². The van der Waals surface area contributed by atoms with Gasteiger partial charge in [-0.1, -0.05) is 6.92 Å². The molecule has 0 bridgehead atoms. The van der Waals surface area contributed by atoms with Gasteiger partial charge in [0.2, 0.25) is 5.91 Å². The maximum atomic E-state index is 11.8. The van der Waals surface area contributed by atoms with Crippen LogP contribution in [0.1, 0.15) is 26.2 Å². The molecule has 1 rings (SSSR count). The largest absolute Gasteiger partial charge is 0.338 e. The maximum Gasteiger partial charge on any atom is 0.226 e. The number of nitrogens with zero attached hydrogens (tertiary/aromatic N) is 2. The van der Waals surface area contributed by atoms with Crippen LogP contribution in [0, 0.1) is 17.2 Å². The highest BCUT2D eigenvalue weighted by atomic mass is 16.2. The average molecular weight is 195 g/mol. The summed E-state index contributed by atoms with van der Waals surface area (Å²) >= 11 is 0. The number of carbonyl (C=O) groups is 1. The molecule has 0 radical (unpaired) electrons.